The number of nitrogens with zero attached hydrogens (tertiary/aromatic N) is 1. The van der Waals surface area contributed by atoms with Crippen LogP contribution in [0.2, 0.25) is 0 Å². The summed E-state index contributed by atoms with van der Waals surface area (Å²) in [5.41, 5.74) is 0. The van der Waals surface area contributed by atoms with Gasteiger partial charge in [-0.25, -0.2) is 0 Å². The second-order valence-electron chi connectivity index (χ2n) is 3.43. The van der Waals surface area contributed by atoms with E-state index in [1.165, 1.54) is 0 Å². The minimum absolute atomic E-state index is 0.00495. The minimum atomic E-state index is 0.00495. The quantitative estimate of drug-likeness (QED) is 0.537. The Morgan fingerprint density at radius 2 is 2.23 bits per heavy atom. The second kappa shape index (κ2) is 5.45. The molecule has 1 fully saturated rings. The van der Waals surface area contributed by atoms with Gasteiger partial charge in [0.1, 0.15) is 0 Å². The van der Waals surface area contributed by atoms with Crippen molar-refractivity contribution in [1.82, 2.24) is 4.90 Å². The third-order valence-electron chi connectivity index (χ3n) is 2.25. The van der Waals surface area contributed by atoms with Crippen LogP contribution in [0, 0.1) is 0 Å². The average molecular weight is 206 g/mol. The van der Waals surface area contributed by atoms with Crippen molar-refractivity contribution in [3.05, 3.63) is 0 Å². The number of hydrogen-bond acceptors (Lipinski definition) is 2. The number of alkyl halides is 1. The Labute approximate surface area is 83.7 Å². The maximum Gasteiger partial charge on any atom is 0.224 e. The molecule has 1 saturated heterocycles. The van der Waals surface area contributed by atoms with Gasteiger partial charge < -0.3 is 10.0 Å². The number of amides is 1. The van der Waals surface area contributed by atoms with Crippen LogP contribution in [-0.4, -0.2) is 41.0 Å². The molecule has 3 nitrogen and oxygen atoms in total. The molecule has 0 aliphatic carbocycles. The summed E-state index contributed by atoms with van der Waals surface area (Å²) in [4.78, 5) is 13.1. The monoisotopic (exact) mass is 205 g/mol. The number of aliphatic hydroxyl groups is 1. The molecule has 1 aliphatic rings. The van der Waals surface area contributed by atoms with E-state index in [0.29, 0.717) is 13.0 Å². The van der Waals surface area contributed by atoms with Crippen LogP contribution < -0.4 is 0 Å². The molecule has 4 heteroatoms. The topological polar surface area (TPSA) is 40.5 Å². The van der Waals surface area contributed by atoms with Crippen LogP contribution in [0.25, 0.3) is 0 Å². The van der Waals surface area contributed by atoms with Crippen molar-refractivity contribution in [2.75, 3.05) is 19.7 Å². The standard InChI is InChI=1S/C9H16ClNO2/c10-8-6-9(13)11(7-8)4-2-1-3-5-12/h8,12H,1-7H2. The van der Waals surface area contributed by atoms with Gasteiger partial charge in [0.2, 0.25) is 5.91 Å². The Bertz CT molecular complexity index is 175. The minimum Gasteiger partial charge on any atom is -0.396 e. The Morgan fingerprint density at radius 1 is 1.46 bits per heavy atom. The molecule has 0 spiro atoms. The smallest absolute Gasteiger partial charge is 0.224 e. The molecule has 1 amide bonds. The Kier molecular flexibility index (Phi) is 4.53. The fourth-order valence-corrected chi connectivity index (χ4v) is 1.83. The van der Waals surface area contributed by atoms with Gasteiger partial charge >= 0.3 is 0 Å². The zero-order valence-electron chi connectivity index (χ0n) is 7.71. The van der Waals surface area contributed by atoms with E-state index in [4.69, 9.17) is 16.7 Å². The van der Waals surface area contributed by atoms with E-state index < -0.39 is 0 Å². The van der Waals surface area contributed by atoms with Crippen LogP contribution in [-0.2, 0) is 4.79 Å². The van der Waals surface area contributed by atoms with Gasteiger partial charge in [-0.15, -0.1) is 11.6 Å². The van der Waals surface area contributed by atoms with Crippen LogP contribution in [0.1, 0.15) is 25.7 Å². The lowest BCUT2D eigenvalue weighted by Crippen LogP contribution is -2.26. The molecule has 1 aliphatic heterocycles. The molecule has 1 heterocycles. The van der Waals surface area contributed by atoms with Gasteiger partial charge in [0, 0.05) is 26.1 Å². The van der Waals surface area contributed by atoms with Gasteiger partial charge in [-0.3, -0.25) is 4.79 Å². The maximum atomic E-state index is 11.2. The molecule has 1 atom stereocenters. The third kappa shape index (κ3) is 3.53. The summed E-state index contributed by atoms with van der Waals surface area (Å²) in [6, 6.07) is 0. The average Bonchev–Trinajstić information content (AvgIpc) is 2.39. The molecule has 1 unspecified atom stereocenters. The van der Waals surface area contributed by atoms with Gasteiger partial charge in [-0.2, -0.15) is 0 Å². The lowest BCUT2D eigenvalue weighted by Gasteiger charge is -2.14. The van der Waals surface area contributed by atoms with Gasteiger partial charge in [0.25, 0.3) is 0 Å². The summed E-state index contributed by atoms with van der Waals surface area (Å²) in [5.74, 6) is 0.170. The predicted molar refractivity (Wildman–Crippen MR) is 51.8 cm³/mol. The molecule has 0 aromatic carbocycles. The lowest BCUT2D eigenvalue weighted by molar-refractivity contribution is -0.127. The highest BCUT2D eigenvalue weighted by molar-refractivity contribution is 6.22. The SMILES string of the molecule is O=C1CC(Cl)CN1CCCCCO. The highest BCUT2D eigenvalue weighted by Crippen LogP contribution is 2.16. The number of likely N-dealkylation sites (tertiary alicyclic amines) is 1. The Morgan fingerprint density at radius 3 is 2.77 bits per heavy atom. The van der Waals surface area contributed by atoms with Crippen molar-refractivity contribution in [1.29, 1.82) is 0 Å². The largest absolute Gasteiger partial charge is 0.396 e. The third-order valence-corrected chi connectivity index (χ3v) is 2.55. The number of carbonyl (C=O) groups excluding carboxylic acids is 1. The molecule has 76 valence electrons. The van der Waals surface area contributed by atoms with Crippen molar-refractivity contribution < 1.29 is 9.90 Å². The number of hydrogen-bond donors (Lipinski definition) is 1. The van der Waals surface area contributed by atoms with E-state index in [1.54, 1.807) is 0 Å². The van der Waals surface area contributed by atoms with E-state index >= 15 is 0 Å². The molecule has 13 heavy (non-hydrogen) atoms. The van der Waals surface area contributed by atoms with Crippen molar-refractivity contribution in [2.45, 2.75) is 31.1 Å². The van der Waals surface area contributed by atoms with Gasteiger partial charge in [-0.1, -0.05) is 0 Å². The first-order valence-corrected chi connectivity index (χ1v) is 5.20. The molecule has 0 aromatic rings. The summed E-state index contributed by atoms with van der Waals surface area (Å²) in [6.45, 7) is 1.73. The number of aliphatic hydroxyl groups excluding tert-OH is 1. The molecule has 0 saturated carbocycles. The summed E-state index contributed by atoms with van der Waals surface area (Å²) in [5, 5.41) is 8.56. The van der Waals surface area contributed by atoms with E-state index in [0.717, 1.165) is 25.8 Å². The van der Waals surface area contributed by atoms with E-state index in [1.807, 2.05) is 4.90 Å². The number of carbonyl (C=O) groups is 1. The normalized spacial score (nSPS) is 22.8. The van der Waals surface area contributed by atoms with Crippen molar-refractivity contribution in [3.8, 4) is 0 Å². The second-order valence-corrected chi connectivity index (χ2v) is 4.04. The summed E-state index contributed by atoms with van der Waals surface area (Å²) >= 11 is 5.84. The molecule has 0 bridgehead atoms. The van der Waals surface area contributed by atoms with Crippen molar-refractivity contribution in [2.24, 2.45) is 0 Å². The van der Waals surface area contributed by atoms with Gasteiger partial charge in [0.15, 0.2) is 0 Å². The van der Waals surface area contributed by atoms with E-state index in [2.05, 4.69) is 0 Å². The van der Waals surface area contributed by atoms with Crippen LogP contribution in [0.5, 0.6) is 0 Å². The van der Waals surface area contributed by atoms with Crippen LogP contribution in [0.4, 0.5) is 0 Å². The van der Waals surface area contributed by atoms with E-state index in [9.17, 15) is 4.79 Å². The molecule has 0 aromatic heterocycles. The zero-order chi connectivity index (χ0) is 9.68. The highest BCUT2D eigenvalue weighted by atomic mass is 35.5. The summed E-state index contributed by atoms with van der Waals surface area (Å²) < 4.78 is 0. The van der Waals surface area contributed by atoms with Crippen molar-refractivity contribution >= 4 is 17.5 Å². The molecular formula is C9H16ClNO2. The predicted octanol–water partition coefficient (Wildman–Crippen LogP) is 0.989. The number of unbranched alkanes of at least 4 members (excludes halogenated alkanes) is 2. The number of halogens is 1. The molecule has 1 N–H and O–H groups in total. The fourth-order valence-electron chi connectivity index (χ4n) is 1.53. The van der Waals surface area contributed by atoms with Gasteiger partial charge in [0.05, 0.1) is 5.38 Å². The summed E-state index contributed by atoms with van der Waals surface area (Å²) in [6.07, 6.45) is 3.26. The van der Waals surface area contributed by atoms with E-state index in [-0.39, 0.29) is 17.9 Å². The summed E-state index contributed by atoms with van der Waals surface area (Å²) in [7, 11) is 0. The maximum absolute atomic E-state index is 11.2. The zero-order valence-corrected chi connectivity index (χ0v) is 8.46. The molecule has 0 radical (unpaired) electrons. The Balaban J connectivity index is 2.11. The van der Waals surface area contributed by atoms with Gasteiger partial charge in [-0.05, 0) is 19.3 Å². The van der Waals surface area contributed by atoms with Crippen LogP contribution in [0.15, 0.2) is 0 Å². The van der Waals surface area contributed by atoms with Crippen LogP contribution >= 0.6 is 11.6 Å². The highest BCUT2D eigenvalue weighted by Gasteiger charge is 2.26. The first kappa shape index (κ1) is 10.8. The fraction of sp³-hybridized carbons (Fsp3) is 0.889. The first-order valence-electron chi connectivity index (χ1n) is 4.76. The number of rotatable bonds is 5. The Hall–Kier alpha value is -0.280. The molecular weight excluding hydrogens is 190 g/mol. The van der Waals surface area contributed by atoms with Crippen molar-refractivity contribution in [3.63, 3.8) is 0 Å². The molecule has 1 rings (SSSR count). The lowest BCUT2D eigenvalue weighted by atomic mass is 10.2. The first-order chi connectivity index (χ1) is 6.24. The van der Waals surface area contributed by atoms with Crippen LogP contribution in [0.3, 0.4) is 0 Å².